The highest BCUT2D eigenvalue weighted by molar-refractivity contribution is 5.78. The molecule has 0 saturated heterocycles. The van der Waals surface area contributed by atoms with Crippen molar-refractivity contribution in [1.29, 1.82) is 0 Å². The molecule has 0 atom stereocenters. The van der Waals surface area contributed by atoms with Crippen LogP contribution in [0, 0.1) is 12.7 Å². The Morgan fingerprint density at radius 2 is 1.64 bits per heavy atom. The van der Waals surface area contributed by atoms with Crippen molar-refractivity contribution in [3.05, 3.63) is 86.6 Å². The van der Waals surface area contributed by atoms with E-state index in [2.05, 4.69) is 10.1 Å². The summed E-state index contributed by atoms with van der Waals surface area (Å²) in [5, 5.41) is 2.93. The maximum atomic E-state index is 13.1. The van der Waals surface area contributed by atoms with Crippen molar-refractivity contribution in [2.75, 3.05) is 0 Å². The topological polar surface area (TPSA) is 70.7 Å². The fourth-order valence-corrected chi connectivity index (χ4v) is 2.79. The maximum Gasteiger partial charge on any atom is 0.284 e. The number of H-pyrrole nitrogens is 2. The molecule has 0 unspecified atom stereocenters. The van der Waals surface area contributed by atoms with E-state index in [4.69, 9.17) is 0 Å². The van der Waals surface area contributed by atoms with Crippen LogP contribution in [0.3, 0.4) is 0 Å². The number of halogens is 1. The van der Waals surface area contributed by atoms with E-state index in [1.807, 2.05) is 31.2 Å². The molecule has 2 aromatic carbocycles. The number of aromatic nitrogens is 3. The highest BCUT2D eigenvalue weighted by Gasteiger charge is 2.14. The lowest BCUT2D eigenvalue weighted by atomic mass is 10.1. The summed E-state index contributed by atoms with van der Waals surface area (Å²) >= 11 is 0. The molecular weight excluding hydrogens is 321 g/mol. The number of rotatable bonds is 2. The molecule has 0 amide bonds. The molecule has 0 aliphatic carbocycles. The monoisotopic (exact) mass is 335 g/mol. The third-order valence-electron chi connectivity index (χ3n) is 4.12. The molecule has 2 heterocycles. The Balaban J connectivity index is 1.92. The van der Waals surface area contributed by atoms with E-state index in [0.29, 0.717) is 17.0 Å². The summed E-state index contributed by atoms with van der Waals surface area (Å²) in [6, 6.07) is 14.6. The van der Waals surface area contributed by atoms with E-state index in [-0.39, 0.29) is 10.8 Å². The van der Waals surface area contributed by atoms with E-state index < -0.39 is 11.4 Å². The minimum absolute atomic E-state index is 0.0418. The van der Waals surface area contributed by atoms with Crippen LogP contribution in [0.2, 0.25) is 0 Å². The Hall–Kier alpha value is -3.41. The van der Waals surface area contributed by atoms with Gasteiger partial charge in [-0.15, -0.1) is 0 Å². The molecule has 0 aliphatic rings. The van der Waals surface area contributed by atoms with Crippen molar-refractivity contribution in [3.63, 3.8) is 0 Å². The van der Waals surface area contributed by atoms with Crippen LogP contribution >= 0.6 is 0 Å². The highest BCUT2D eigenvalue weighted by atomic mass is 19.1. The second-order valence-corrected chi connectivity index (χ2v) is 5.89. The van der Waals surface area contributed by atoms with E-state index in [1.165, 1.54) is 35.0 Å². The standard InChI is InChI=1S/C19H14FN3O2/c1-11-2-4-12(5-3-11)15-10-16(24)17-18(21-15)22-23(19(17)25)14-8-6-13(20)7-9-14/h2-10H,1H3,(H2,21,22,24). The van der Waals surface area contributed by atoms with Crippen molar-refractivity contribution >= 4 is 11.0 Å². The minimum atomic E-state index is -0.474. The van der Waals surface area contributed by atoms with Gasteiger partial charge in [-0.25, -0.2) is 9.07 Å². The molecule has 0 bridgehead atoms. The SMILES string of the molecule is Cc1ccc(-c2cc(=O)c3c(=O)n(-c4ccc(F)cc4)[nH]c3[nH]2)cc1. The Morgan fingerprint density at radius 3 is 2.32 bits per heavy atom. The molecule has 5 nitrogen and oxygen atoms in total. The Kier molecular flexibility index (Phi) is 3.39. The lowest BCUT2D eigenvalue weighted by Gasteiger charge is -2.02. The van der Waals surface area contributed by atoms with Crippen LogP contribution in [0.15, 0.2) is 64.2 Å². The first-order valence-electron chi connectivity index (χ1n) is 7.74. The second-order valence-electron chi connectivity index (χ2n) is 5.89. The predicted molar refractivity (Wildman–Crippen MR) is 94.6 cm³/mol. The van der Waals surface area contributed by atoms with Gasteiger partial charge in [0.1, 0.15) is 16.9 Å². The van der Waals surface area contributed by atoms with Crippen LogP contribution in [0.4, 0.5) is 4.39 Å². The van der Waals surface area contributed by atoms with Crippen molar-refractivity contribution in [1.82, 2.24) is 14.8 Å². The van der Waals surface area contributed by atoms with Gasteiger partial charge >= 0.3 is 0 Å². The van der Waals surface area contributed by atoms with Gasteiger partial charge in [0.25, 0.3) is 5.56 Å². The van der Waals surface area contributed by atoms with Crippen molar-refractivity contribution in [2.24, 2.45) is 0 Å². The summed E-state index contributed by atoms with van der Waals surface area (Å²) in [7, 11) is 0. The summed E-state index contributed by atoms with van der Waals surface area (Å²) in [5.41, 5.74) is 2.52. The second kappa shape index (κ2) is 5.59. The normalized spacial score (nSPS) is 11.1. The van der Waals surface area contributed by atoms with Gasteiger partial charge in [0.05, 0.1) is 11.4 Å². The van der Waals surface area contributed by atoms with Crippen LogP contribution in [0.25, 0.3) is 28.0 Å². The first-order valence-corrected chi connectivity index (χ1v) is 7.74. The van der Waals surface area contributed by atoms with Gasteiger partial charge in [-0.3, -0.25) is 14.7 Å². The maximum absolute atomic E-state index is 13.1. The molecule has 0 radical (unpaired) electrons. The van der Waals surface area contributed by atoms with E-state index in [9.17, 15) is 14.0 Å². The van der Waals surface area contributed by atoms with Crippen LogP contribution in [-0.4, -0.2) is 14.8 Å². The molecule has 6 heteroatoms. The molecule has 25 heavy (non-hydrogen) atoms. The van der Waals surface area contributed by atoms with Crippen LogP contribution < -0.4 is 11.0 Å². The molecule has 124 valence electrons. The molecule has 4 rings (SSSR count). The first kappa shape index (κ1) is 15.1. The highest BCUT2D eigenvalue weighted by Crippen LogP contribution is 2.18. The summed E-state index contributed by atoms with van der Waals surface area (Å²) in [5.74, 6) is -0.398. The third-order valence-corrected chi connectivity index (χ3v) is 4.12. The number of nitrogens with one attached hydrogen (secondary N) is 2. The summed E-state index contributed by atoms with van der Waals surface area (Å²) < 4.78 is 14.3. The number of nitrogens with zero attached hydrogens (tertiary/aromatic N) is 1. The van der Waals surface area contributed by atoms with Crippen molar-refractivity contribution < 1.29 is 4.39 Å². The average Bonchev–Trinajstić information content (AvgIpc) is 2.93. The largest absolute Gasteiger partial charge is 0.339 e. The summed E-state index contributed by atoms with van der Waals surface area (Å²) in [4.78, 5) is 28.1. The van der Waals surface area contributed by atoms with Crippen LogP contribution in [-0.2, 0) is 0 Å². The number of hydrogen-bond acceptors (Lipinski definition) is 2. The number of aryl methyl sites for hydroxylation is 1. The van der Waals surface area contributed by atoms with Crippen LogP contribution in [0.5, 0.6) is 0 Å². The fourth-order valence-electron chi connectivity index (χ4n) is 2.79. The minimum Gasteiger partial charge on any atom is -0.339 e. The molecule has 0 aliphatic heterocycles. The Labute approximate surface area is 141 Å². The Morgan fingerprint density at radius 1 is 0.960 bits per heavy atom. The predicted octanol–water partition coefficient (Wildman–Crippen LogP) is 3.12. The number of pyridine rings is 1. The number of fused-ring (bicyclic) bond motifs is 1. The van der Waals surface area contributed by atoms with Crippen molar-refractivity contribution in [3.8, 4) is 16.9 Å². The van der Waals surface area contributed by atoms with Gasteiger partial charge in [0, 0.05) is 6.07 Å². The van der Waals surface area contributed by atoms with Gasteiger partial charge < -0.3 is 4.98 Å². The third kappa shape index (κ3) is 2.57. The fraction of sp³-hybridized carbons (Fsp3) is 0.0526. The number of benzene rings is 2. The van der Waals surface area contributed by atoms with Gasteiger partial charge in [-0.1, -0.05) is 29.8 Å². The summed E-state index contributed by atoms with van der Waals surface area (Å²) in [6.45, 7) is 1.98. The molecule has 2 aromatic heterocycles. The van der Waals surface area contributed by atoms with Gasteiger partial charge in [0.2, 0.25) is 0 Å². The zero-order valence-electron chi connectivity index (χ0n) is 13.3. The lowest BCUT2D eigenvalue weighted by molar-refractivity contribution is 0.627. The summed E-state index contributed by atoms with van der Waals surface area (Å²) in [6.07, 6.45) is 0. The smallest absolute Gasteiger partial charge is 0.284 e. The Bertz CT molecular complexity index is 1180. The zero-order chi connectivity index (χ0) is 17.6. The number of hydrogen-bond donors (Lipinski definition) is 2. The average molecular weight is 335 g/mol. The van der Waals surface area contributed by atoms with E-state index in [1.54, 1.807) is 0 Å². The number of aromatic amines is 2. The quantitative estimate of drug-likeness (QED) is 0.591. The van der Waals surface area contributed by atoms with Gasteiger partial charge in [-0.05, 0) is 36.8 Å². The molecular formula is C19H14FN3O2. The lowest BCUT2D eigenvalue weighted by Crippen LogP contribution is -2.18. The molecule has 2 N–H and O–H groups in total. The van der Waals surface area contributed by atoms with E-state index in [0.717, 1.165) is 11.1 Å². The first-order chi connectivity index (χ1) is 12.0. The van der Waals surface area contributed by atoms with Crippen molar-refractivity contribution in [2.45, 2.75) is 6.92 Å². The molecule has 0 spiro atoms. The van der Waals surface area contributed by atoms with Gasteiger partial charge in [-0.2, -0.15) is 0 Å². The van der Waals surface area contributed by atoms with E-state index >= 15 is 0 Å². The molecule has 0 saturated carbocycles. The van der Waals surface area contributed by atoms with Crippen LogP contribution in [0.1, 0.15) is 5.56 Å². The van der Waals surface area contributed by atoms with Gasteiger partial charge in [0.15, 0.2) is 5.43 Å². The molecule has 4 aromatic rings. The zero-order valence-corrected chi connectivity index (χ0v) is 13.3. The molecule has 0 fully saturated rings.